The Morgan fingerprint density at radius 3 is 2.48 bits per heavy atom. The number of aryl methyl sites for hydroxylation is 1. The van der Waals surface area contributed by atoms with Crippen molar-refractivity contribution in [3.05, 3.63) is 52.0 Å². The minimum atomic E-state index is 0.841. The quantitative estimate of drug-likeness (QED) is 0.636. The fourth-order valence-corrected chi connectivity index (χ4v) is 2.67. The summed E-state index contributed by atoms with van der Waals surface area (Å²) < 4.78 is 0. The van der Waals surface area contributed by atoms with Crippen molar-refractivity contribution in [3.8, 4) is 0 Å². The van der Waals surface area contributed by atoms with Crippen LogP contribution in [-0.2, 0) is 12.8 Å². The summed E-state index contributed by atoms with van der Waals surface area (Å²) in [6.45, 7) is 3.75. The Kier molecular flexibility index (Phi) is 6.22. The van der Waals surface area contributed by atoms with Crippen molar-refractivity contribution in [3.63, 3.8) is 0 Å². The van der Waals surface area contributed by atoms with Gasteiger partial charge in [0.05, 0.1) is 10.7 Å². The first-order valence-electron chi connectivity index (χ1n) is 7.17. The van der Waals surface area contributed by atoms with E-state index in [0.29, 0.717) is 0 Å². The van der Waals surface area contributed by atoms with E-state index in [0.717, 1.165) is 42.6 Å². The predicted molar refractivity (Wildman–Crippen MR) is 90.1 cm³/mol. The third-order valence-corrected chi connectivity index (χ3v) is 3.94. The summed E-state index contributed by atoms with van der Waals surface area (Å²) in [7, 11) is 1.80. The molecule has 0 bridgehead atoms. The van der Waals surface area contributed by atoms with Gasteiger partial charge in [0.1, 0.15) is 0 Å². The average molecular weight is 302 g/mol. The van der Waals surface area contributed by atoms with E-state index in [1.807, 2.05) is 13.0 Å². The lowest BCUT2D eigenvalue weighted by Gasteiger charge is -2.11. The molecule has 1 heterocycles. The van der Waals surface area contributed by atoms with Gasteiger partial charge < -0.3 is 10.6 Å². The number of aromatic nitrogens is 1. The first-order valence-corrected chi connectivity index (χ1v) is 8.05. The van der Waals surface area contributed by atoms with Gasteiger partial charge >= 0.3 is 0 Å². The van der Waals surface area contributed by atoms with Gasteiger partial charge in [0.2, 0.25) is 0 Å². The van der Waals surface area contributed by atoms with Gasteiger partial charge in [0.25, 0.3) is 0 Å². The second-order valence-electron chi connectivity index (χ2n) is 4.77. The fraction of sp³-hybridized carbons (Fsp3) is 0.375. The molecular weight excluding hydrogens is 280 g/mol. The fourth-order valence-electron chi connectivity index (χ4n) is 2.02. The monoisotopic (exact) mass is 302 g/mol. The van der Waals surface area contributed by atoms with Crippen LogP contribution < -0.4 is 10.6 Å². The highest BCUT2D eigenvalue weighted by atomic mass is 32.1. The topological polar surface area (TPSA) is 49.3 Å². The Bertz CT molecular complexity index is 563. The van der Waals surface area contributed by atoms with E-state index in [1.165, 1.54) is 5.56 Å². The Hall–Kier alpha value is -1.88. The molecule has 0 aliphatic carbocycles. The lowest BCUT2D eigenvalue weighted by molar-refractivity contribution is 0.777. The lowest BCUT2D eigenvalue weighted by atomic mass is 10.1. The Balaban J connectivity index is 1.66. The molecule has 0 spiro atoms. The molecule has 2 N–H and O–H groups in total. The number of hydrogen-bond acceptors (Lipinski definition) is 3. The minimum absolute atomic E-state index is 0.841. The minimum Gasteiger partial charge on any atom is -0.356 e. The zero-order chi connectivity index (χ0) is 14.9. The molecule has 0 saturated carbocycles. The lowest BCUT2D eigenvalue weighted by Crippen LogP contribution is -2.39. The van der Waals surface area contributed by atoms with E-state index in [9.17, 15) is 0 Å². The summed E-state index contributed by atoms with van der Waals surface area (Å²) >= 11 is 1.70. The molecule has 5 heteroatoms. The van der Waals surface area contributed by atoms with Crippen LogP contribution in [0.5, 0.6) is 0 Å². The smallest absolute Gasteiger partial charge is 0.190 e. The molecule has 0 aliphatic rings. The molecule has 0 atom stereocenters. The number of guanidine groups is 1. The van der Waals surface area contributed by atoms with Gasteiger partial charge in [-0.05, 0) is 18.9 Å². The third kappa shape index (κ3) is 5.55. The molecule has 0 fully saturated rings. The number of nitrogens with one attached hydrogen (secondary N) is 2. The summed E-state index contributed by atoms with van der Waals surface area (Å²) in [5.41, 5.74) is 2.48. The third-order valence-electron chi connectivity index (χ3n) is 3.11. The maximum absolute atomic E-state index is 4.45. The molecule has 4 nitrogen and oxygen atoms in total. The number of nitrogens with zero attached hydrogens (tertiary/aromatic N) is 2. The van der Waals surface area contributed by atoms with E-state index < -0.39 is 0 Å². The molecule has 0 amide bonds. The van der Waals surface area contributed by atoms with Crippen LogP contribution in [0.2, 0.25) is 0 Å². The first-order chi connectivity index (χ1) is 10.3. The van der Waals surface area contributed by atoms with Crippen molar-refractivity contribution in [1.29, 1.82) is 0 Å². The Labute approximate surface area is 130 Å². The second kappa shape index (κ2) is 8.42. The van der Waals surface area contributed by atoms with E-state index >= 15 is 0 Å². The van der Waals surface area contributed by atoms with E-state index in [-0.39, 0.29) is 0 Å². The number of aliphatic imine (C=N–C) groups is 1. The highest BCUT2D eigenvalue weighted by Crippen LogP contribution is 2.07. The first kappa shape index (κ1) is 15.5. The van der Waals surface area contributed by atoms with E-state index in [2.05, 4.69) is 50.3 Å². The molecule has 0 aliphatic heterocycles. The molecule has 0 saturated heterocycles. The van der Waals surface area contributed by atoms with Crippen molar-refractivity contribution in [1.82, 2.24) is 15.6 Å². The SMILES string of the molecule is CN=C(NCCc1ccccc1)NCCc1csc(C)n1. The number of benzene rings is 1. The van der Waals surface area contributed by atoms with Crippen LogP contribution in [0.3, 0.4) is 0 Å². The molecule has 1 aromatic carbocycles. The van der Waals surface area contributed by atoms with Crippen LogP contribution in [0.25, 0.3) is 0 Å². The van der Waals surface area contributed by atoms with Crippen LogP contribution in [-0.4, -0.2) is 31.1 Å². The van der Waals surface area contributed by atoms with Crippen LogP contribution in [0.4, 0.5) is 0 Å². The van der Waals surface area contributed by atoms with Gasteiger partial charge in [-0.3, -0.25) is 4.99 Å². The predicted octanol–water partition coefficient (Wildman–Crippen LogP) is 2.40. The number of hydrogen-bond donors (Lipinski definition) is 2. The standard InChI is InChI=1S/C16H22N4S/c1-13-20-15(12-21-13)9-11-19-16(17-2)18-10-8-14-6-4-3-5-7-14/h3-7,12H,8-11H2,1-2H3,(H2,17,18,19). The summed E-state index contributed by atoms with van der Waals surface area (Å²) in [6, 6.07) is 10.5. The van der Waals surface area contributed by atoms with Crippen molar-refractivity contribution in [2.24, 2.45) is 4.99 Å². The van der Waals surface area contributed by atoms with Crippen molar-refractivity contribution in [2.75, 3.05) is 20.1 Å². The summed E-state index contributed by atoms with van der Waals surface area (Å²) in [5.74, 6) is 0.845. The normalized spacial score (nSPS) is 11.4. The Morgan fingerprint density at radius 1 is 1.14 bits per heavy atom. The van der Waals surface area contributed by atoms with Gasteiger partial charge in [-0.1, -0.05) is 30.3 Å². The average Bonchev–Trinajstić information content (AvgIpc) is 2.92. The van der Waals surface area contributed by atoms with Crippen molar-refractivity contribution in [2.45, 2.75) is 19.8 Å². The molecule has 2 aromatic rings. The van der Waals surface area contributed by atoms with Crippen LogP contribution in [0.15, 0.2) is 40.7 Å². The van der Waals surface area contributed by atoms with Crippen LogP contribution in [0, 0.1) is 6.92 Å². The van der Waals surface area contributed by atoms with Gasteiger partial charge in [0.15, 0.2) is 5.96 Å². The molecule has 21 heavy (non-hydrogen) atoms. The second-order valence-corrected chi connectivity index (χ2v) is 5.83. The Morgan fingerprint density at radius 2 is 1.86 bits per heavy atom. The van der Waals surface area contributed by atoms with Gasteiger partial charge in [-0.15, -0.1) is 11.3 Å². The molecule has 112 valence electrons. The maximum Gasteiger partial charge on any atom is 0.190 e. The van der Waals surface area contributed by atoms with Gasteiger partial charge in [-0.2, -0.15) is 0 Å². The van der Waals surface area contributed by atoms with Crippen molar-refractivity contribution < 1.29 is 0 Å². The maximum atomic E-state index is 4.45. The highest BCUT2D eigenvalue weighted by molar-refractivity contribution is 7.09. The summed E-state index contributed by atoms with van der Waals surface area (Å²) in [5, 5.41) is 9.88. The van der Waals surface area contributed by atoms with Crippen molar-refractivity contribution >= 4 is 17.3 Å². The summed E-state index contributed by atoms with van der Waals surface area (Å²) in [4.78, 5) is 8.69. The van der Waals surface area contributed by atoms with E-state index in [4.69, 9.17) is 0 Å². The van der Waals surface area contributed by atoms with Gasteiger partial charge in [-0.25, -0.2) is 4.98 Å². The molecule has 0 unspecified atom stereocenters. The van der Waals surface area contributed by atoms with Gasteiger partial charge in [0, 0.05) is 31.9 Å². The molecule has 1 aromatic heterocycles. The molecule has 0 radical (unpaired) electrons. The van der Waals surface area contributed by atoms with Crippen LogP contribution in [0.1, 0.15) is 16.3 Å². The highest BCUT2D eigenvalue weighted by Gasteiger charge is 2.00. The number of thiazole rings is 1. The molecule has 2 rings (SSSR count). The van der Waals surface area contributed by atoms with E-state index in [1.54, 1.807) is 18.4 Å². The molecular formula is C16H22N4S. The zero-order valence-electron chi connectivity index (χ0n) is 12.6. The van der Waals surface area contributed by atoms with Crippen LogP contribution >= 0.6 is 11.3 Å². The largest absolute Gasteiger partial charge is 0.356 e. The number of rotatable bonds is 6. The zero-order valence-corrected chi connectivity index (χ0v) is 13.4. The summed E-state index contributed by atoms with van der Waals surface area (Å²) in [6.07, 6.45) is 1.91.